The largest absolute Gasteiger partial charge is 0.372 e. The number of amides is 1. The monoisotopic (exact) mass is 458 g/mol. The number of piperidine rings is 1. The highest BCUT2D eigenvalue weighted by Crippen LogP contribution is 2.46. The van der Waals surface area contributed by atoms with Crippen LogP contribution >= 0.6 is 0 Å². The number of hydrogen-bond acceptors (Lipinski definition) is 3. The molecule has 1 atom stereocenters. The Morgan fingerprint density at radius 1 is 0.971 bits per heavy atom. The molecular formula is C28H31FN4O. The number of anilines is 1. The van der Waals surface area contributed by atoms with E-state index in [2.05, 4.69) is 31.9 Å². The quantitative estimate of drug-likeness (QED) is 0.556. The van der Waals surface area contributed by atoms with Gasteiger partial charge in [-0.3, -0.25) is 4.79 Å². The van der Waals surface area contributed by atoms with E-state index in [9.17, 15) is 9.18 Å². The van der Waals surface area contributed by atoms with Crippen molar-refractivity contribution in [3.63, 3.8) is 0 Å². The summed E-state index contributed by atoms with van der Waals surface area (Å²) in [7, 11) is 0. The standard InChI is InChI=1S/C28H31FN4O/c29-24-8-4-7-23-25-17-30-18-33(25)27(26(23)24)19-13-15-32(16-14-19)22-11-9-20(10-12-22)28(34)31-21-5-2-1-3-6-21/h4,7-12,17-19,21,27H,1-3,5-6,13-16H2,(H,31,34). The first-order chi connectivity index (χ1) is 16.7. The fourth-order valence-electron chi connectivity index (χ4n) is 6.21. The molecule has 1 aromatic heterocycles. The molecule has 3 aromatic rings. The lowest BCUT2D eigenvalue weighted by Crippen LogP contribution is -2.37. The normalized spacial score (nSPS) is 20.7. The first kappa shape index (κ1) is 21.4. The molecule has 6 heteroatoms. The number of imidazole rings is 1. The van der Waals surface area contributed by atoms with Gasteiger partial charge in [0.2, 0.25) is 0 Å². The summed E-state index contributed by atoms with van der Waals surface area (Å²) in [5, 5.41) is 3.20. The fourth-order valence-corrected chi connectivity index (χ4v) is 6.21. The van der Waals surface area contributed by atoms with Crippen LogP contribution in [0.3, 0.4) is 0 Å². The lowest BCUT2D eigenvalue weighted by Gasteiger charge is -2.37. The van der Waals surface area contributed by atoms with E-state index < -0.39 is 0 Å². The van der Waals surface area contributed by atoms with Gasteiger partial charge in [-0.1, -0.05) is 31.4 Å². The zero-order valence-electron chi connectivity index (χ0n) is 19.4. The van der Waals surface area contributed by atoms with E-state index in [0.717, 1.165) is 66.8 Å². The highest BCUT2D eigenvalue weighted by molar-refractivity contribution is 5.94. The van der Waals surface area contributed by atoms with E-state index in [-0.39, 0.29) is 17.8 Å². The minimum absolute atomic E-state index is 0.0155. The molecular weight excluding hydrogens is 427 g/mol. The van der Waals surface area contributed by atoms with Gasteiger partial charge in [0.05, 0.1) is 24.3 Å². The highest BCUT2D eigenvalue weighted by atomic mass is 19.1. The Morgan fingerprint density at radius 2 is 1.74 bits per heavy atom. The lowest BCUT2D eigenvalue weighted by atomic mass is 9.85. The van der Waals surface area contributed by atoms with Crippen molar-refractivity contribution < 1.29 is 9.18 Å². The van der Waals surface area contributed by atoms with Crippen LogP contribution in [0.25, 0.3) is 11.3 Å². The lowest BCUT2D eigenvalue weighted by molar-refractivity contribution is 0.0927. The fraction of sp³-hybridized carbons (Fsp3) is 0.429. The van der Waals surface area contributed by atoms with Crippen molar-refractivity contribution in [2.75, 3.05) is 18.0 Å². The van der Waals surface area contributed by atoms with Crippen molar-refractivity contribution in [3.05, 3.63) is 71.9 Å². The number of halogens is 1. The van der Waals surface area contributed by atoms with Crippen LogP contribution in [0.1, 0.15) is 66.9 Å². The van der Waals surface area contributed by atoms with Crippen molar-refractivity contribution in [3.8, 4) is 11.3 Å². The van der Waals surface area contributed by atoms with Crippen LogP contribution in [0.2, 0.25) is 0 Å². The van der Waals surface area contributed by atoms with E-state index >= 15 is 0 Å². The van der Waals surface area contributed by atoms with Crippen LogP contribution < -0.4 is 10.2 Å². The van der Waals surface area contributed by atoms with Crippen molar-refractivity contribution >= 4 is 11.6 Å². The Labute approximate surface area is 200 Å². The van der Waals surface area contributed by atoms with E-state index in [1.165, 1.54) is 19.3 Å². The summed E-state index contributed by atoms with van der Waals surface area (Å²) in [6, 6.07) is 13.7. The Balaban J connectivity index is 1.12. The predicted molar refractivity (Wildman–Crippen MR) is 131 cm³/mol. The Kier molecular flexibility index (Phi) is 5.60. The van der Waals surface area contributed by atoms with Crippen LogP contribution in [0.15, 0.2) is 55.0 Å². The molecule has 2 aliphatic heterocycles. The number of hydrogen-bond donors (Lipinski definition) is 1. The van der Waals surface area contributed by atoms with Crippen LogP contribution in [0.4, 0.5) is 10.1 Å². The summed E-state index contributed by atoms with van der Waals surface area (Å²) in [5.41, 5.74) is 4.70. The van der Waals surface area contributed by atoms with Gasteiger partial charge in [-0.15, -0.1) is 0 Å². The third-order valence-corrected chi connectivity index (χ3v) is 8.01. The van der Waals surface area contributed by atoms with Gasteiger partial charge in [0.1, 0.15) is 5.82 Å². The SMILES string of the molecule is O=C(NC1CCCCC1)c1ccc(N2CCC(C3c4c(F)cccc4-c4cncn43)CC2)cc1. The van der Waals surface area contributed by atoms with Crippen LogP contribution in [0, 0.1) is 11.7 Å². The molecule has 0 spiro atoms. The van der Waals surface area contributed by atoms with Crippen LogP contribution in [0.5, 0.6) is 0 Å². The van der Waals surface area contributed by atoms with Gasteiger partial charge < -0.3 is 14.8 Å². The second-order valence-corrected chi connectivity index (χ2v) is 10.0. The number of aromatic nitrogens is 2. The molecule has 6 rings (SSSR count). The molecule has 1 N–H and O–H groups in total. The number of fused-ring (bicyclic) bond motifs is 3. The maximum absolute atomic E-state index is 14.9. The van der Waals surface area contributed by atoms with Gasteiger partial charge in [0.15, 0.2) is 0 Å². The summed E-state index contributed by atoms with van der Waals surface area (Å²) in [4.78, 5) is 19.4. The number of rotatable bonds is 4. The molecule has 1 saturated carbocycles. The summed E-state index contributed by atoms with van der Waals surface area (Å²) in [6.45, 7) is 1.84. The maximum atomic E-state index is 14.9. The molecule has 1 saturated heterocycles. The third-order valence-electron chi connectivity index (χ3n) is 8.01. The number of nitrogens with one attached hydrogen (secondary N) is 1. The van der Waals surface area contributed by atoms with E-state index in [1.54, 1.807) is 12.1 Å². The van der Waals surface area contributed by atoms with Crippen molar-refractivity contribution in [1.29, 1.82) is 0 Å². The molecule has 5 nitrogen and oxygen atoms in total. The van der Waals surface area contributed by atoms with Crippen molar-refractivity contribution in [2.24, 2.45) is 5.92 Å². The molecule has 1 amide bonds. The summed E-state index contributed by atoms with van der Waals surface area (Å²) >= 11 is 0. The van der Waals surface area contributed by atoms with Gasteiger partial charge in [0, 0.05) is 41.5 Å². The van der Waals surface area contributed by atoms with Gasteiger partial charge in [0.25, 0.3) is 5.91 Å². The molecule has 176 valence electrons. The average molecular weight is 459 g/mol. The molecule has 2 fully saturated rings. The molecule has 34 heavy (non-hydrogen) atoms. The molecule has 3 heterocycles. The zero-order valence-corrected chi connectivity index (χ0v) is 19.4. The van der Waals surface area contributed by atoms with E-state index in [4.69, 9.17) is 0 Å². The minimum Gasteiger partial charge on any atom is -0.372 e. The average Bonchev–Trinajstić information content (AvgIpc) is 3.47. The smallest absolute Gasteiger partial charge is 0.251 e. The number of carbonyl (C=O) groups excluding carboxylic acids is 1. The molecule has 1 unspecified atom stereocenters. The van der Waals surface area contributed by atoms with Crippen LogP contribution in [-0.2, 0) is 0 Å². The Morgan fingerprint density at radius 3 is 2.50 bits per heavy atom. The summed E-state index contributed by atoms with van der Waals surface area (Å²) in [5.74, 6) is 0.286. The molecule has 3 aliphatic rings. The molecule has 0 bridgehead atoms. The molecule has 0 radical (unpaired) electrons. The summed E-state index contributed by atoms with van der Waals surface area (Å²) in [6.07, 6.45) is 11.6. The third kappa shape index (κ3) is 3.79. The predicted octanol–water partition coefficient (Wildman–Crippen LogP) is 5.57. The first-order valence-corrected chi connectivity index (χ1v) is 12.7. The maximum Gasteiger partial charge on any atom is 0.251 e. The van der Waals surface area contributed by atoms with Crippen LogP contribution in [-0.4, -0.2) is 34.6 Å². The highest BCUT2D eigenvalue weighted by Gasteiger charge is 2.38. The topological polar surface area (TPSA) is 50.2 Å². The second-order valence-electron chi connectivity index (χ2n) is 10.0. The molecule has 1 aliphatic carbocycles. The van der Waals surface area contributed by atoms with Gasteiger partial charge >= 0.3 is 0 Å². The van der Waals surface area contributed by atoms with Gasteiger partial charge in [-0.25, -0.2) is 9.37 Å². The number of nitrogens with zero attached hydrogens (tertiary/aromatic N) is 3. The summed E-state index contributed by atoms with van der Waals surface area (Å²) < 4.78 is 17.0. The van der Waals surface area contributed by atoms with Gasteiger partial charge in [-0.05, 0) is 61.9 Å². The van der Waals surface area contributed by atoms with Gasteiger partial charge in [-0.2, -0.15) is 0 Å². The first-order valence-electron chi connectivity index (χ1n) is 12.7. The molecule has 2 aromatic carbocycles. The number of benzene rings is 2. The number of carbonyl (C=O) groups is 1. The van der Waals surface area contributed by atoms with E-state index in [0.29, 0.717) is 12.0 Å². The Hall–Kier alpha value is -3.15. The van der Waals surface area contributed by atoms with Crippen molar-refractivity contribution in [2.45, 2.75) is 57.0 Å². The minimum atomic E-state index is -0.115. The van der Waals surface area contributed by atoms with Crippen molar-refractivity contribution in [1.82, 2.24) is 14.9 Å². The Bertz CT molecular complexity index is 1170. The zero-order chi connectivity index (χ0) is 23.1. The second kappa shape index (κ2) is 8.90. The van der Waals surface area contributed by atoms with E-state index in [1.807, 2.05) is 30.7 Å².